The molecule has 170 valence electrons. The maximum atomic E-state index is 12.6. The number of ether oxygens (including phenoxy) is 4. The molecule has 0 spiro atoms. The van der Waals surface area contributed by atoms with E-state index in [-0.39, 0.29) is 12.3 Å². The van der Waals surface area contributed by atoms with Crippen molar-refractivity contribution in [3.05, 3.63) is 35.4 Å². The molecule has 9 heteroatoms. The molecular formula is C22H30N2O7. The van der Waals surface area contributed by atoms with Gasteiger partial charge in [0.05, 0.1) is 33.8 Å². The Hall–Kier alpha value is -3.23. The molecule has 1 atom stereocenters. The zero-order valence-electron chi connectivity index (χ0n) is 18.8. The molecule has 0 bridgehead atoms. The summed E-state index contributed by atoms with van der Waals surface area (Å²) in [7, 11) is 4.32. The van der Waals surface area contributed by atoms with Crippen LogP contribution in [0.2, 0.25) is 0 Å². The van der Waals surface area contributed by atoms with E-state index in [4.69, 9.17) is 18.9 Å². The normalized spacial score (nSPS) is 14.1. The molecule has 0 unspecified atom stereocenters. The van der Waals surface area contributed by atoms with Gasteiger partial charge in [-0.25, -0.2) is 4.79 Å². The number of methoxy groups -OCH3 is 3. The summed E-state index contributed by atoms with van der Waals surface area (Å²) in [5, 5.41) is 2.82. The van der Waals surface area contributed by atoms with Crippen molar-refractivity contribution in [2.45, 2.75) is 38.8 Å². The number of carbonyl (C=O) groups is 3. The molecule has 2 amide bonds. The number of esters is 1. The van der Waals surface area contributed by atoms with Crippen molar-refractivity contribution in [1.29, 1.82) is 0 Å². The molecule has 1 heterocycles. The minimum Gasteiger partial charge on any atom is -0.493 e. The van der Waals surface area contributed by atoms with Crippen LogP contribution in [0.1, 0.15) is 38.8 Å². The molecule has 1 aliphatic rings. The van der Waals surface area contributed by atoms with Gasteiger partial charge in [-0.3, -0.25) is 9.59 Å². The Morgan fingerprint density at radius 1 is 1.10 bits per heavy atom. The first-order valence-electron chi connectivity index (χ1n) is 9.83. The standard InChI is InChI=1S/C22H30N2O7/c1-22(2,3)31-21(27)24-12-14(13-24)9-19(25)23-16(11-20(26)30-6)15-7-8-17(28-4)18(10-15)29-5/h7-10,16H,11-13H2,1-6H3,(H,23,25)/t16-/m1/s1. The van der Waals surface area contributed by atoms with Crippen molar-refractivity contribution in [3.63, 3.8) is 0 Å². The highest BCUT2D eigenvalue weighted by Crippen LogP contribution is 2.31. The van der Waals surface area contributed by atoms with Gasteiger partial charge in [0.15, 0.2) is 11.5 Å². The van der Waals surface area contributed by atoms with Crippen molar-refractivity contribution in [2.75, 3.05) is 34.4 Å². The Morgan fingerprint density at radius 3 is 2.29 bits per heavy atom. The molecule has 31 heavy (non-hydrogen) atoms. The second-order valence-corrected chi connectivity index (χ2v) is 8.09. The summed E-state index contributed by atoms with van der Waals surface area (Å²) < 4.78 is 20.6. The Morgan fingerprint density at radius 2 is 1.74 bits per heavy atom. The maximum Gasteiger partial charge on any atom is 0.410 e. The number of likely N-dealkylation sites (tertiary alicyclic amines) is 1. The number of nitrogens with zero attached hydrogens (tertiary/aromatic N) is 1. The lowest BCUT2D eigenvalue weighted by Gasteiger charge is -2.35. The van der Waals surface area contributed by atoms with Crippen molar-refractivity contribution in [3.8, 4) is 11.5 Å². The fourth-order valence-electron chi connectivity index (χ4n) is 2.96. The van der Waals surface area contributed by atoms with Crippen LogP contribution in [-0.4, -0.2) is 62.9 Å². The molecule has 1 aromatic carbocycles. The number of nitrogens with one attached hydrogen (secondary N) is 1. The highest BCUT2D eigenvalue weighted by Gasteiger charge is 2.30. The average molecular weight is 434 g/mol. The summed E-state index contributed by atoms with van der Waals surface area (Å²) in [5.41, 5.74) is 0.875. The van der Waals surface area contributed by atoms with E-state index < -0.39 is 23.7 Å². The van der Waals surface area contributed by atoms with Crippen LogP contribution in [0.4, 0.5) is 4.79 Å². The molecule has 0 aromatic heterocycles. The monoisotopic (exact) mass is 434 g/mol. The van der Waals surface area contributed by atoms with E-state index in [0.29, 0.717) is 30.2 Å². The van der Waals surface area contributed by atoms with Gasteiger partial charge in [0, 0.05) is 19.2 Å². The van der Waals surface area contributed by atoms with E-state index in [1.54, 1.807) is 39.0 Å². The molecule has 0 aliphatic carbocycles. The molecule has 1 fully saturated rings. The van der Waals surface area contributed by atoms with Gasteiger partial charge in [-0.2, -0.15) is 0 Å². The van der Waals surface area contributed by atoms with Crippen molar-refractivity contribution in [1.82, 2.24) is 10.2 Å². The third-order valence-electron chi connectivity index (χ3n) is 4.50. The number of benzene rings is 1. The number of hydrogen-bond acceptors (Lipinski definition) is 7. The second kappa shape index (κ2) is 10.2. The fraction of sp³-hybridized carbons (Fsp3) is 0.500. The van der Waals surface area contributed by atoms with Crippen molar-refractivity contribution >= 4 is 18.0 Å². The Bertz CT molecular complexity index is 850. The van der Waals surface area contributed by atoms with Crippen molar-refractivity contribution in [2.24, 2.45) is 0 Å². The molecule has 0 radical (unpaired) electrons. The maximum absolute atomic E-state index is 12.6. The summed E-state index contributed by atoms with van der Waals surface area (Å²) in [6.07, 6.45) is 0.968. The van der Waals surface area contributed by atoms with E-state index in [2.05, 4.69) is 5.32 Å². The highest BCUT2D eigenvalue weighted by molar-refractivity contribution is 5.89. The zero-order chi connectivity index (χ0) is 23.2. The zero-order valence-corrected chi connectivity index (χ0v) is 18.8. The quantitative estimate of drug-likeness (QED) is 0.520. The van der Waals surface area contributed by atoms with Crippen LogP contribution in [0.25, 0.3) is 0 Å². The summed E-state index contributed by atoms with van der Waals surface area (Å²) >= 11 is 0. The van der Waals surface area contributed by atoms with Gasteiger partial charge in [-0.05, 0) is 44.0 Å². The predicted octanol–water partition coefficient (Wildman–Crippen LogP) is 2.60. The summed E-state index contributed by atoms with van der Waals surface area (Å²) in [6.45, 7) is 6.03. The van der Waals surface area contributed by atoms with Crippen LogP contribution in [0.15, 0.2) is 29.8 Å². The number of amides is 2. The van der Waals surface area contributed by atoms with E-state index in [1.807, 2.05) is 0 Å². The van der Waals surface area contributed by atoms with Gasteiger partial charge >= 0.3 is 12.1 Å². The van der Waals surface area contributed by atoms with Crippen molar-refractivity contribution < 1.29 is 33.3 Å². The predicted molar refractivity (Wildman–Crippen MR) is 113 cm³/mol. The van der Waals surface area contributed by atoms with Crippen LogP contribution in [-0.2, 0) is 19.1 Å². The fourth-order valence-corrected chi connectivity index (χ4v) is 2.96. The van der Waals surface area contributed by atoms with Gasteiger partial charge in [-0.15, -0.1) is 0 Å². The first kappa shape index (κ1) is 24.0. The number of rotatable bonds is 7. The highest BCUT2D eigenvalue weighted by atomic mass is 16.6. The van der Waals surface area contributed by atoms with E-state index in [0.717, 1.165) is 5.57 Å². The second-order valence-electron chi connectivity index (χ2n) is 8.09. The summed E-state index contributed by atoms with van der Waals surface area (Å²) in [6, 6.07) is 4.52. The lowest BCUT2D eigenvalue weighted by atomic mass is 10.0. The van der Waals surface area contributed by atoms with Gasteiger partial charge in [-0.1, -0.05) is 6.07 Å². The molecule has 1 saturated heterocycles. The first-order valence-corrected chi connectivity index (χ1v) is 9.83. The van der Waals surface area contributed by atoms with Gasteiger partial charge in [0.25, 0.3) is 0 Å². The largest absolute Gasteiger partial charge is 0.493 e. The molecule has 0 saturated carbocycles. The minimum absolute atomic E-state index is 0.0507. The third kappa shape index (κ3) is 6.91. The van der Waals surface area contributed by atoms with E-state index in [9.17, 15) is 14.4 Å². The Balaban J connectivity index is 2.07. The Kier molecular flexibility index (Phi) is 7.90. The molecule has 1 aliphatic heterocycles. The smallest absolute Gasteiger partial charge is 0.410 e. The molecule has 9 nitrogen and oxygen atoms in total. The van der Waals surface area contributed by atoms with Crippen LogP contribution >= 0.6 is 0 Å². The van der Waals surface area contributed by atoms with Crippen LogP contribution in [0.3, 0.4) is 0 Å². The topological polar surface area (TPSA) is 103 Å². The molecule has 1 N–H and O–H groups in total. The summed E-state index contributed by atoms with van der Waals surface area (Å²) in [4.78, 5) is 37.9. The Labute approximate surface area is 182 Å². The first-order chi connectivity index (χ1) is 14.6. The van der Waals surface area contributed by atoms with Gasteiger partial charge in [0.1, 0.15) is 5.60 Å². The van der Waals surface area contributed by atoms with Gasteiger partial charge in [0.2, 0.25) is 5.91 Å². The number of carbonyl (C=O) groups excluding carboxylic acids is 3. The minimum atomic E-state index is -0.626. The lowest BCUT2D eigenvalue weighted by Crippen LogP contribution is -2.47. The molecular weight excluding hydrogens is 404 g/mol. The third-order valence-corrected chi connectivity index (χ3v) is 4.50. The summed E-state index contributed by atoms with van der Waals surface area (Å²) in [5.74, 6) is 0.178. The molecule has 2 rings (SSSR count). The van der Waals surface area contributed by atoms with E-state index >= 15 is 0 Å². The molecule has 1 aromatic rings. The lowest BCUT2D eigenvalue weighted by molar-refractivity contribution is -0.141. The van der Waals surface area contributed by atoms with Crippen LogP contribution in [0, 0.1) is 0 Å². The average Bonchev–Trinajstić information content (AvgIpc) is 2.67. The van der Waals surface area contributed by atoms with Gasteiger partial charge < -0.3 is 29.2 Å². The van der Waals surface area contributed by atoms with Crippen LogP contribution < -0.4 is 14.8 Å². The SMILES string of the molecule is COC(=O)C[C@@H](NC(=O)C=C1CN(C(=O)OC(C)(C)C)C1)c1ccc(OC)c(OC)c1. The number of hydrogen-bond donors (Lipinski definition) is 1. The van der Waals surface area contributed by atoms with E-state index in [1.165, 1.54) is 32.3 Å². The van der Waals surface area contributed by atoms with Crippen LogP contribution in [0.5, 0.6) is 11.5 Å².